The highest BCUT2D eigenvalue weighted by atomic mass is 32.1. The Morgan fingerprint density at radius 3 is 2.57 bits per heavy atom. The quantitative estimate of drug-likeness (QED) is 0.396. The first-order valence-electron chi connectivity index (χ1n) is 8.24. The van der Waals surface area contributed by atoms with Crippen LogP contribution in [0.3, 0.4) is 0 Å². The van der Waals surface area contributed by atoms with Gasteiger partial charge in [-0.2, -0.15) is 5.06 Å². The largest absolute Gasteiger partial charge is 0.453 e. The Labute approximate surface area is 167 Å². The molecule has 0 radical (unpaired) electrons. The van der Waals surface area contributed by atoms with Gasteiger partial charge < -0.3 is 24.5 Å². The third kappa shape index (κ3) is 6.06. The first kappa shape index (κ1) is 20.8. The molecule has 0 aromatic heterocycles. The second kappa shape index (κ2) is 10.6. The van der Waals surface area contributed by atoms with E-state index >= 15 is 0 Å². The summed E-state index contributed by atoms with van der Waals surface area (Å²) in [6, 6.07) is 14.8. The van der Waals surface area contributed by atoms with E-state index in [1.807, 2.05) is 6.07 Å². The molecule has 146 valence electrons. The zero-order valence-corrected chi connectivity index (χ0v) is 15.8. The van der Waals surface area contributed by atoms with Crippen LogP contribution in [-0.4, -0.2) is 36.9 Å². The van der Waals surface area contributed by atoms with E-state index in [0.717, 1.165) is 0 Å². The number of alkyl carbamates (subject to hydrolysis) is 1. The second-order valence-electron chi connectivity index (χ2n) is 5.46. The van der Waals surface area contributed by atoms with Gasteiger partial charge in [-0.25, -0.2) is 4.79 Å². The number of hydrogen-bond acceptors (Lipinski definition) is 7. The Kier molecular flexibility index (Phi) is 7.92. The minimum atomic E-state index is -0.826. The number of amides is 1. The van der Waals surface area contributed by atoms with Crippen molar-refractivity contribution in [2.75, 3.05) is 17.5 Å². The molecule has 9 heteroatoms. The Balaban J connectivity index is 2.26. The van der Waals surface area contributed by atoms with Crippen molar-refractivity contribution in [2.45, 2.75) is 12.5 Å². The zero-order chi connectivity index (χ0) is 20.4. The van der Waals surface area contributed by atoms with Crippen LogP contribution in [0, 0.1) is 0 Å². The smallest absolute Gasteiger partial charge is 0.413 e. The molecular weight excluding hydrogens is 382 g/mol. The lowest BCUT2D eigenvalue weighted by Crippen LogP contribution is -2.40. The van der Waals surface area contributed by atoms with Crippen molar-refractivity contribution in [3.8, 4) is 5.75 Å². The number of hydrogen-bond donors (Lipinski definition) is 2. The maximum absolute atomic E-state index is 11.5. The zero-order valence-electron chi connectivity index (χ0n) is 15.0. The van der Waals surface area contributed by atoms with E-state index in [9.17, 15) is 14.4 Å². The topological polar surface area (TPSA) is 97.0 Å². The Morgan fingerprint density at radius 2 is 1.93 bits per heavy atom. The Bertz CT molecular complexity index is 831. The lowest BCUT2D eigenvalue weighted by Gasteiger charge is -2.29. The first-order valence-corrected chi connectivity index (χ1v) is 8.65. The summed E-state index contributed by atoms with van der Waals surface area (Å²) in [6.07, 6.45) is 0.546. The molecule has 2 rings (SSSR count). The summed E-state index contributed by atoms with van der Waals surface area (Å²) in [4.78, 5) is 39.6. The molecule has 0 spiro atoms. The number of aldehydes is 2. The summed E-state index contributed by atoms with van der Waals surface area (Å²) in [5.41, 5.74) is 1.05. The normalized spacial score (nSPS) is 10.9. The van der Waals surface area contributed by atoms with Crippen molar-refractivity contribution in [1.82, 2.24) is 5.32 Å². The molecule has 0 aliphatic heterocycles. The number of methoxy groups -OCH3 is 1. The summed E-state index contributed by atoms with van der Waals surface area (Å²) >= 11 is 5.04. The number of thiocarbonyl (C=S) groups is 1. The molecule has 2 N–H and O–H groups in total. The van der Waals surface area contributed by atoms with Crippen LogP contribution in [0.25, 0.3) is 0 Å². The number of benzene rings is 2. The average molecular weight is 401 g/mol. The highest BCUT2D eigenvalue weighted by Crippen LogP contribution is 2.24. The van der Waals surface area contributed by atoms with Crippen molar-refractivity contribution in [1.29, 1.82) is 0 Å². The van der Waals surface area contributed by atoms with Gasteiger partial charge >= 0.3 is 6.09 Å². The molecule has 2 aromatic carbocycles. The number of rotatable bonds is 8. The van der Waals surface area contributed by atoms with Gasteiger partial charge in [0.1, 0.15) is 18.6 Å². The lowest BCUT2D eigenvalue weighted by atomic mass is 10.2. The molecule has 1 unspecified atom stereocenters. The third-order valence-corrected chi connectivity index (χ3v) is 3.71. The van der Waals surface area contributed by atoms with Gasteiger partial charge in [0, 0.05) is 12.1 Å². The van der Waals surface area contributed by atoms with Crippen molar-refractivity contribution < 1.29 is 24.0 Å². The summed E-state index contributed by atoms with van der Waals surface area (Å²) in [5, 5.41) is 6.55. The SMILES string of the molecule is COC(=O)NC(=S)Nc1cccc(N(Oc2ccccc2)C(C=O)CC=O)c1. The predicted octanol–water partition coefficient (Wildman–Crippen LogP) is 2.70. The number of carbonyl (C=O) groups is 3. The van der Waals surface area contributed by atoms with Crippen molar-refractivity contribution in [2.24, 2.45) is 0 Å². The lowest BCUT2D eigenvalue weighted by molar-refractivity contribution is -0.114. The fourth-order valence-electron chi connectivity index (χ4n) is 2.24. The number of anilines is 2. The van der Waals surface area contributed by atoms with Crippen LogP contribution in [-0.2, 0) is 14.3 Å². The van der Waals surface area contributed by atoms with Crippen LogP contribution in [0.2, 0.25) is 0 Å². The second-order valence-corrected chi connectivity index (χ2v) is 5.87. The van der Waals surface area contributed by atoms with E-state index in [1.54, 1.807) is 48.5 Å². The minimum Gasteiger partial charge on any atom is -0.453 e. The molecule has 0 aliphatic carbocycles. The van der Waals surface area contributed by atoms with Gasteiger partial charge in [-0.05, 0) is 42.5 Å². The summed E-state index contributed by atoms with van der Waals surface area (Å²) in [5.74, 6) is 0.501. The molecule has 0 aliphatic rings. The maximum atomic E-state index is 11.5. The highest BCUT2D eigenvalue weighted by Gasteiger charge is 2.21. The number of nitrogens with zero attached hydrogens (tertiary/aromatic N) is 1. The molecule has 0 saturated carbocycles. The van der Waals surface area contributed by atoms with Gasteiger partial charge in [0.15, 0.2) is 10.9 Å². The highest BCUT2D eigenvalue weighted by molar-refractivity contribution is 7.80. The first-order chi connectivity index (χ1) is 13.6. The number of para-hydroxylation sites is 1. The Hall–Kier alpha value is -3.46. The molecule has 1 atom stereocenters. The predicted molar refractivity (Wildman–Crippen MR) is 108 cm³/mol. The van der Waals surface area contributed by atoms with Crippen LogP contribution < -0.4 is 20.5 Å². The molecule has 28 heavy (non-hydrogen) atoms. The van der Waals surface area contributed by atoms with Crippen molar-refractivity contribution >= 4 is 47.4 Å². The molecule has 0 fully saturated rings. The average Bonchev–Trinajstić information content (AvgIpc) is 2.71. The molecule has 0 bridgehead atoms. The van der Waals surface area contributed by atoms with Gasteiger partial charge in [0.05, 0.1) is 12.8 Å². The van der Waals surface area contributed by atoms with Gasteiger partial charge in [-0.3, -0.25) is 5.32 Å². The molecule has 2 aromatic rings. The maximum Gasteiger partial charge on any atom is 0.413 e. The van der Waals surface area contributed by atoms with Crippen molar-refractivity contribution in [3.05, 3.63) is 54.6 Å². The number of hydroxylamine groups is 1. The van der Waals surface area contributed by atoms with Crippen LogP contribution >= 0.6 is 12.2 Å². The number of ether oxygens (including phenoxy) is 1. The van der Waals surface area contributed by atoms with Crippen LogP contribution in [0.4, 0.5) is 16.2 Å². The van der Waals surface area contributed by atoms with Gasteiger partial charge in [0.25, 0.3) is 0 Å². The summed E-state index contributed by atoms with van der Waals surface area (Å²) < 4.78 is 4.48. The van der Waals surface area contributed by atoms with E-state index in [-0.39, 0.29) is 11.5 Å². The van der Waals surface area contributed by atoms with E-state index in [2.05, 4.69) is 15.4 Å². The summed E-state index contributed by atoms with van der Waals surface area (Å²) in [7, 11) is 1.23. The van der Waals surface area contributed by atoms with Crippen molar-refractivity contribution in [3.63, 3.8) is 0 Å². The summed E-state index contributed by atoms with van der Waals surface area (Å²) in [6.45, 7) is 0. The molecule has 0 heterocycles. The number of carbonyl (C=O) groups excluding carboxylic acids is 3. The molecule has 8 nitrogen and oxygen atoms in total. The van der Waals surface area contributed by atoms with E-state index in [0.29, 0.717) is 29.7 Å². The minimum absolute atomic E-state index is 0.0411. The fourth-order valence-corrected chi connectivity index (χ4v) is 2.44. The van der Waals surface area contributed by atoms with Crippen LogP contribution in [0.15, 0.2) is 54.6 Å². The van der Waals surface area contributed by atoms with Crippen LogP contribution in [0.1, 0.15) is 6.42 Å². The van der Waals surface area contributed by atoms with E-state index in [1.165, 1.54) is 12.2 Å². The standard InChI is InChI=1S/C19H19N3O5S/c1-26-19(25)21-18(28)20-14-6-5-7-15(12-14)22(16(13-24)10-11-23)27-17-8-3-2-4-9-17/h2-9,11-13,16H,10H2,1H3,(H2,20,21,25,28). The Morgan fingerprint density at radius 1 is 1.18 bits per heavy atom. The molecular formula is C19H19N3O5S. The van der Waals surface area contributed by atoms with E-state index < -0.39 is 12.1 Å². The van der Waals surface area contributed by atoms with Gasteiger partial charge in [-0.1, -0.05) is 24.3 Å². The third-order valence-electron chi connectivity index (χ3n) is 3.50. The number of nitrogens with one attached hydrogen (secondary N) is 2. The van der Waals surface area contributed by atoms with Crippen LogP contribution in [0.5, 0.6) is 5.75 Å². The molecule has 1 amide bonds. The monoisotopic (exact) mass is 401 g/mol. The van der Waals surface area contributed by atoms with E-state index in [4.69, 9.17) is 17.1 Å². The van der Waals surface area contributed by atoms with Gasteiger partial charge in [0.2, 0.25) is 0 Å². The fraction of sp³-hybridized carbons (Fsp3) is 0.158. The molecule has 0 saturated heterocycles. The van der Waals surface area contributed by atoms with Gasteiger partial charge in [-0.15, -0.1) is 0 Å².